The number of hydrogen-bond acceptors (Lipinski definition) is 8. The molecule has 0 spiro atoms. The predicted octanol–water partition coefficient (Wildman–Crippen LogP) is 2.35. The molecular formula is C15H11F3N4O5S. The molecule has 1 fully saturated rings. The number of nitro groups is 1. The number of hydrogen-bond donors (Lipinski definition) is 2. The average Bonchev–Trinajstić information content (AvgIpc) is 3.11. The summed E-state index contributed by atoms with van der Waals surface area (Å²) in [5.41, 5.74) is -3.95. The van der Waals surface area contributed by atoms with Crippen LogP contribution in [0.4, 0.5) is 24.0 Å². The van der Waals surface area contributed by atoms with Crippen molar-refractivity contribution in [3.63, 3.8) is 0 Å². The van der Waals surface area contributed by atoms with Gasteiger partial charge < -0.3 is 15.4 Å². The van der Waals surface area contributed by atoms with Crippen LogP contribution in [-0.2, 0) is 14.3 Å². The highest BCUT2D eigenvalue weighted by atomic mass is 32.1. The Balaban J connectivity index is 2.12. The molecule has 1 aromatic heterocycles. The van der Waals surface area contributed by atoms with Gasteiger partial charge in [0.2, 0.25) is 5.54 Å². The zero-order chi connectivity index (χ0) is 20.9. The zero-order valence-electron chi connectivity index (χ0n) is 14.0. The van der Waals surface area contributed by atoms with Crippen LogP contribution in [0.1, 0.15) is 0 Å². The van der Waals surface area contributed by atoms with Gasteiger partial charge in [-0.15, -0.1) is 0 Å². The molecule has 1 saturated heterocycles. The van der Waals surface area contributed by atoms with E-state index >= 15 is 0 Å². The SMILES string of the molecule is C=C1NC(=O)[C@@](Nc2nc3ccc([N+](=O)[O-])cc3s2)(C(F)(F)F)[C@@H]1C(=O)OC. The number of non-ortho nitro benzene ring substituents is 1. The molecule has 1 aliphatic rings. The van der Waals surface area contributed by atoms with Crippen molar-refractivity contribution in [2.75, 3.05) is 12.4 Å². The van der Waals surface area contributed by atoms with Crippen molar-refractivity contribution in [2.45, 2.75) is 11.7 Å². The summed E-state index contributed by atoms with van der Waals surface area (Å²) in [6, 6.07) is 3.55. The molecule has 0 bridgehead atoms. The van der Waals surface area contributed by atoms with E-state index in [1.54, 1.807) is 0 Å². The van der Waals surface area contributed by atoms with Gasteiger partial charge in [-0.05, 0) is 6.07 Å². The van der Waals surface area contributed by atoms with Crippen molar-refractivity contribution >= 4 is 44.2 Å². The van der Waals surface area contributed by atoms with Crippen LogP contribution in [-0.4, -0.2) is 40.6 Å². The summed E-state index contributed by atoms with van der Waals surface area (Å²) in [5, 5.41) is 14.4. The zero-order valence-corrected chi connectivity index (χ0v) is 14.8. The maximum atomic E-state index is 14.0. The van der Waals surface area contributed by atoms with Crippen LogP contribution in [0, 0.1) is 16.0 Å². The molecular weight excluding hydrogens is 405 g/mol. The van der Waals surface area contributed by atoms with E-state index in [1.807, 2.05) is 10.6 Å². The van der Waals surface area contributed by atoms with Gasteiger partial charge in [-0.25, -0.2) is 4.98 Å². The van der Waals surface area contributed by atoms with Crippen LogP contribution in [0.15, 0.2) is 30.5 Å². The second-order valence-corrected chi connectivity index (χ2v) is 6.83. The number of nitro benzene ring substituents is 1. The number of nitrogens with one attached hydrogen (secondary N) is 2. The quantitative estimate of drug-likeness (QED) is 0.445. The van der Waals surface area contributed by atoms with E-state index in [1.165, 1.54) is 6.07 Å². The normalized spacial score (nSPS) is 22.2. The van der Waals surface area contributed by atoms with Gasteiger partial charge in [0.15, 0.2) is 5.13 Å². The van der Waals surface area contributed by atoms with Crippen LogP contribution in [0.3, 0.4) is 0 Å². The first kappa shape index (κ1) is 19.5. The van der Waals surface area contributed by atoms with Gasteiger partial charge in [-0.3, -0.25) is 19.7 Å². The van der Waals surface area contributed by atoms with Gasteiger partial charge in [0.1, 0.15) is 5.92 Å². The third-order valence-corrected chi connectivity index (χ3v) is 5.12. The molecule has 2 atom stereocenters. The Morgan fingerprint density at radius 1 is 1.50 bits per heavy atom. The maximum Gasteiger partial charge on any atom is 0.421 e. The Morgan fingerprint density at radius 3 is 2.75 bits per heavy atom. The summed E-state index contributed by atoms with van der Waals surface area (Å²) >= 11 is 0.667. The lowest BCUT2D eigenvalue weighted by Crippen LogP contribution is -2.62. The number of alkyl halides is 3. The molecule has 0 radical (unpaired) electrons. The first-order valence-corrected chi connectivity index (χ1v) is 8.31. The van der Waals surface area contributed by atoms with Crippen molar-refractivity contribution in [1.82, 2.24) is 10.3 Å². The smallest absolute Gasteiger partial charge is 0.421 e. The first-order chi connectivity index (χ1) is 13.0. The van der Waals surface area contributed by atoms with E-state index < -0.39 is 40.1 Å². The van der Waals surface area contributed by atoms with Crippen molar-refractivity contribution in [2.24, 2.45) is 5.92 Å². The predicted molar refractivity (Wildman–Crippen MR) is 91.5 cm³/mol. The number of fused-ring (bicyclic) bond motifs is 1. The van der Waals surface area contributed by atoms with Crippen molar-refractivity contribution in [3.8, 4) is 0 Å². The number of anilines is 1. The molecule has 0 aliphatic carbocycles. The van der Waals surface area contributed by atoms with E-state index in [0.29, 0.717) is 11.3 Å². The second-order valence-electron chi connectivity index (χ2n) is 5.79. The molecule has 0 saturated carbocycles. The minimum absolute atomic E-state index is 0.183. The molecule has 0 unspecified atom stereocenters. The number of aromatic nitrogens is 1. The lowest BCUT2D eigenvalue weighted by Gasteiger charge is -2.33. The Morgan fingerprint density at radius 2 is 2.18 bits per heavy atom. The summed E-state index contributed by atoms with van der Waals surface area (Å²) < 4.78 is 46.7. The number of halogens is 3. The molecule has 148 valence electrons. The molecule has 13 heteroatoms. The summed E-state index contributed by atoms with van der Waals surface area (Å²) in [6.07, 6.45) is -5.22. The van der Waals surface area contributed by atoms with E-state index in [2.05, 4.69) is 16.3 Å². The molecule has 2 heterocycles. The van der Waals surface area contributed by atoms with E-state index in [0.717, 1.165) is 19.2 Å². The fourth-order valence-electron chi connectivity index (χ4n) is 2.89. The lowest BCUT2D eigenvalue weighted by molar-refractivity contribution is -0.384. The molecule has 28 heavy (non-hydrogen) atoms. The third-order valence-electron chi connectivity index (χ3n) is 4.18. The van der Waals surface area contributed by atoms with Crippen LogP contribution in [0.25, 0.3) is 10.2 Å². The number of thiazole rings is 1. The van der Waals surface area contributed by atoms with Crippen LogP contribution in [0.5, 0.6) is 0 Å². The van der Waals surface area contributed by atoms with Gasteiger partial charge in [0.25, 0.3) is 11.6 Å². The monoisotopic (exact) mass is 416 g/mol. The number of rotatable bonds is 4. The van der Waals surface area contributed by atoms with Gasteiger partial charge in [0, 0.05) is 17.8 Å². The fraction of sp³-hybridized carbons (Fsp3) is 0.267. The van der Waals surface area contributed by atoms with Crippen LogP contribution in [0.2, 0.25) is 0 Å². The minimum atomic E-state index is -5.22. The molecule has 1 aliphatic heterocycles. The summed E-state index contributed by atoms with van der Waals surface area (Å²) in [5.74, 6) is -4.94. The number of ether oxygens (including phenoxy) is 1. The lowest BCUT2D eigenvalue weighted by atomic mass is 9.84. The number of nitrogens with zero attached hydrogens (tertiary/aromatic N) is 2. The van der Waals surface area contributed by atoms with Crippen LogP contribution >= 0.6 is 11.3 Å². The van der Waals surface area contributed by atoms with Crippen LogP contribution < -0.4 is 10.6 Å². The Labute approximate surface area is 158 Å². The maximum absolute atomic E-state index is 14.0. The molecule has 1 amide bonds. The molecule has 2 aromatic rings. The number of carbonyl (C=O) groups is 2. The largest absolute Gasteiger partial charge is 0.468 e. The number of methoxy groups -OCH3 is 1. The third kappa shape index (κ3) is 2.83. The minimum Gasteiger partial charge on any atom is -0.468 e. The highest BCUT2D eigenvalue weighted by Crippen LogP contribution is 2.46. The van der Waals surface area contributed by atoms with Gasteiger partial charge in [0.05, 0.1) is 22.2 Å². The first-order valence-electron chi connectivity index (χ1n) is 7.49. The molecule has 2 N–H and O–H groups in total. The van der Waals surface area contributed by atoms with E-state index in [9.17, 15) is 32.9 Å². The fourth-order valence-corrected chi connectivity index (χ4v) is 3.85. The Hall–Kier alpha value is -3.22. The standard InChI is InChI=1S/C15H11F3N4O5S/c1-6-10(11(23)27-2)14(12(24)19-6,15(16,17)18)21-13-20-8-4-3-7(22(25)26)5-9(8)28-13/h3-5,10H,1H2,2H3,(H,19,24)(H,20,21)/t10-,14+/m0/s1. The number of benzene rings is 1. The van der Waals surface area contributed by atoms with Gasteiger partial charge >= 0.3 is 12.1 Å². The van der Waals surface area contributed by atoms with Crippen molar-refractivity contribution in [1.29, 1.82) is 0 Å². The average molecular weight is 416 g/mol. The number of carbonyl (C=O) groups excluding carboxylic acids is 2. The van der Waals surface area contributed by atoms with E-state index in [4.69, 9.17) is 0 Å². The highest BCUT2D eigenvalue weighted by Gasteiger charge is 2.72. The van der Waals surface area contributed by atoms with Gasteiger partial charge in [-0.2, -0.15) is 13.2 Å². The molecule has 9 nitrogen and oxygen atoms in total. The highest BCUT2D eigenvalue weighted by molar-refractivity contribution is 7.22. The van der Waals surface area contributed by atoms with E-state index in [-0.39, 0.29) is 21.0 Å². The summed E-state index contributed by atoms with van der Waals surface area (Å²) in [6.45, 7) is 3.31. The Bertz CT molecular complexity index is 1020. The van der Waals surface area contributed by atoms with Crippen molar-refractivity contribution in [3.05, 3.63) is 40.6 Å². The van der Waals surface area contributed by atoms with Gasteiger partial charge in [-0.1, -0.05) is 17.9 Å². The summed E-state index contributed by atoms with van der Waals surface area (Å²) in [4.78, 5) is 38.4. The molecule has 1 aromatic carbocycles. The second kappa shape index (κ2) is 6.44. The number of amides is 1. The topological polar surface area (TPSA) is 123 Å². The summed E-state index contributed by atoms with van der Waals surface area (Å²) in [7, 11) is 0.885. The van der Waals surface area contributed by atoms with Crippen molar-refractivity contribution < 1.29 is 32.4 Å². The Kier molecular flexibility index (Phi) is 4.49. The molecule has 3 rings (SSSR count). The number of esters is 1.